The Morgan fingerprint density at radius 3 is 2.19 bits per heavy atom. The predicted molar refractivity (Wildman–Crippen MR) is 128 cm³/mol. The average molecular weight is 521 g/mol. The van der Waals surface area contributed by atoms with Crippen molar-refractivity contribution in [2.24, 2.45) is 0 Å². The van der Waals surface area contributed by atoms with E-state index in [9.17, 15) is 0 Å². The Morgan fingerprint density at radius 2 is 1.65 bits per heavy atom. The van der Waals surface area contributed by atoms with E-state index in [1.54, 1.807) is 0 Å². The fourth-order valence-electron chi connectivity index (χ4n) is 4.15. The molecule has 0 spiro atoms. The average Bonchev–Trinajstić information content (AvgIpc) is 3.32. The lowest BCUT2D eigenvalue weighted by molar-refractivity contribution is 0.393. The lowest BCUT2D eigenvalue weighted by atomic mass is 9.91. The van der Waals surface area contributed by atoms with Crippen LogP contribution in [0.4, 0.5) is 0 Å². The van der Waals surface area contributed by atoms with Gasteiger partial charge in [-0.2, -0.15) is 0 Å². The highest BCUT2D eigenvalue weighted by molar-refractivity contribution is 14.1. The molecule has 0 saturated heterocycles. The fourth-order valence-corrected chi connectivity index (χ4v) is 4.84. The van der Waals surface area contributed by atoms with Crippen LogP contribution in [0.2, 0.25) is 0 Å². The molecule has 0 aromatic carbocycles. The van der Waals surface area contributed by atoms with Crippen molar-refractivity contribution >= 4 is 33.6 Å². The Balaban J connectivity index is 1.82. The molecule has 5 aromatic heterocycles. The minimum atomic E-state index is -0.622. The molecular weight excluding hydrogens is 501 g/mol. The standard InChI is InChI=1S/C24H20IN5O/c1-15-22(16(2)31-29-15)17-12-19-23(28-13-17)18(25)14-30(19)24(3,20-8-4-6-10-26-20)21-9-5-7-11-27-21/h4-14H,1-3H3. The van der Waals surface area contributed by atoms with Crippen LogP contribution in [0.5, 0.6) is 0 Å². The third kappa shape index (κ3) is 3.15. The molecule has 0 atom stereocenters. The Morgan fingerprint density at radius 1 is 0.968 bits per heavy atom. The van der Waals surface area contributed by atoms with Gasteiger partial charge in [-0.3, -0.25) is 15.0 Å². The zero-order valence-electron chi connectivity index (χ0n) is 17.4. The lowest BCUT2D eigenvalue weighted by Crippen LogP contribution is -2.34. The normalized spacial score (nSPS) is 11.9. The zero-order chi connectivity index (χ0) is 21.6. The van der Waals surface area contributed by atoms with Crippen LogP contribution in [-0.4, -0.2) is 24.7 Å². The third-order valence-electron chi connectivity index (χ3n) is 5.73. The SMILES string of the molecule is Cc1noc(C)c1-c1cnc2c(I)cn(C(C)(c3ccccn3)c3ccccn3)c2c1. The van der Waals surface area contributed by atoms with Gasteiger partial charge in [0.2, 0.25) is 0 Å². The van der Waals surface area contributed by atoms with E-state index in [-0.39, 0.29) is 0 Å². The number of rotatable bonds is 4. The first-order valence-corrected chi connectivity index (χ1v) is 11.0. The van der Waals surface area contributed by atoms with Crippen molar-refractivity contribution in [2.75, 3.05) is 0 Å². The second-order valence-electron chi connectivity index (χ2n) is 7.64. The van der Waals surface area contributed by atoms with E-state index in [1.165, 1.54) is 0 Å². The smallest absolute Gasteiger partial charge is 0.141 e. The number of hydrogen-bond donors (Lipinski definition) is 0. The molecule has 154 valence electrons. The van der Waals surface area contributed by atoms with Crippen LogP contribution in [0.25, 0.3) is 22.2 Å². The van der Waals surface area contributed by atoms with E-state index >= 15 is 0 Å². The number of aromatic nitrogens is 5. The predicted octanol–water partition coefficient (Wildman–Crippen LogP) is 5.51. The molecule has 0 saturated carbocycles. The highest BCUT2D eigenvalue weighted by Crippen LogP contribution is 2.38. The summed E-state index contributed by atoms with van der Waals surface area (Å²) in [6.45, 7) is 6.02. The highest BCUT2D eigenvalue weighted by Gasteiger charge is 2.35. The van der Waals surface area contributed by atoms with Gasteiger partial charge in [-0.1, -0.05) is 17.3 Å². The Labute approximate surface area is 193 Å². The van der Waals surface area contributed by atoms with Crippen molar-refractivity contribution in [1.82, 2.24) is 24.7 Å². The molecule has 0 fully saturated rings. The summed E-state index contributed by atoms with van der Waals surface area (Å²) in [7, 11) is 0. The first kappa shape index (κ1) is 19.9. The second kappa shape index (κ2) is 7.56. The molecule has 5 aromatic rings. The molecule has 0 N–H and O–H groups in total. The summed E-state index contributed by atoms with van der Waals surface area (Å²) in [5, 5.41) is 4.11. The molecule has 0 aliphatic heterocycles. The highest BCUT2D eigenvalue weighted by atomic mass is 127. The maximum Gasteiger partial charge on any atom is 0.141 e. The third-order valence-corrected chi connectivity index (χ3v) is 6.52. The Hall–Kier alpha value is -3.07. The van der Waals surface area contributed by atoms with Crippen molar-refractivity contribution < 1.29 is 4.52 Å². The van der Waals surface area contributed by atoms with Gasteiger partial charge >= 0.3 is 0 Å². The van der Waals surface area contributed by atoms with Gasteiger partial charge in [-0.25, -0.2) is 0 Å². The van der Waals surface area contributed by atoms with Gasteiger partial charge in [0, 0.05) is 35.9 Å². The van der Waals surface area contributed by atoms with E-state index in [4.69, 9.17) is 19.5 Å². The number of nitrogens with zero attached hydrogens (tertiary/aromatic N) is 5. The number of halogens is 1. The van der Waals surface area contributed by atoms with Crippen LogP contribution < -0.4 is 0 Å². The Kier molecular flexibility index (Phi) is 4.85. The monoisotopic (exact) mass is 521 g/mol. The van der Waals surface area contributed by atoms with Gasteiger partial charge in [0.05, 0.1) is 26.2 Å². The van der Waals surface area contributed by atoms with Gasteiger partial charge in [0.15, 0.2) is 0 Å². The van der Waals surface area contributed by atoms with Crippen molar-refractivity contribution in [3.8, 4) is 11.1 Å². The molecule has 0 unspecified atom stereocenters. The van der Waals surface area contributed by atoms with Crippen LogP contribution in [0.15, 0.2) is 71.8 Å². The summed E-state index contributed by atoms with van der Waals surface area (Å²) in [5.41, 5.74) is 5.94. The van der Waals surface area contributed by atoms with Crippen LogP contribution in [-0.2, 0) is 5.54 Å². The first-order chi connectivity index (χ1) is 15.0. The first-order valence-electron chi connectivity index (χ1n) is 9.93. The minimum Gasteiger partial charge on any atom is -0.361 e. The zero-order valence-corrected chi connectivity index (χ0v) is 19.5. The topological polar surface area (TPSA) is 69.6 Å². The summed E-state index contributed by atoms with van der Waals surface area (Å²) in [4.78, 5) is 14.2. The van der Waals surface area contributed by atoms with Crippen molar-refractivity contribution in [2.45, 2.75) is 26.3 Å². The Bertz CT molecular complexity index is 1320. The van der Waals surface area contributed by atoms with Gasteiger partial charge in [-0.05, 0) is 73.7 Å². The van der Waals surface area contributed by atoms with Crippen molar-refractivity contribution in [1.29, 1.82) is 0 Å². The molecule has 31 heavy (non-hydrogen) atoms. The number of hydrogen-bond acceptors (Lipinski definition) is 5. The molecular formula is C24H20IN5O. The summed E-state index contributed by atoms with van der Waals surface area (Å²) in [5.74, 6) is 0.781. The van der Waals surface area contributed by atoms with E-state index < -0.39 is 5.54 Å². The van der Waals surface area contributed by atoms with Crippen LogP contribution in [0.1, 0.15) is 29.8 Å². The van der Waals surface area contributed by atoms with E-state index in [1.807, 2.05) is 68.8 Å². The summed E-state index contributed by atoms with van der Waals surface area (Å²) < 4.78 is 8.69. The molecule has 5 heterocycles. The lowest BCUT2D eigenvalue weighted by Gasteiger charge is -2.31. The summed E-state index contributed by atoms with van der Waals surface area (Å²) in [6.07, 6.45) is 7.65. The summed E-state index contributed by atoms with van der Waals surface area (Å²) in [6, 6.07) is 14.1. The van der Waals surface area contributed by atoms with Gasteiger partial charge < -0.3 is 9.09 Å². The summed E-state index contributed by atoms with van der Waals surface area (Å²) >= 11 is 2.34. The maximum absolute atomic E-state index is 5.40. The number of aryl methyl sites for hydroxylation is 2. The second-order valence-corrected chi connectivity index (χ2v) is 8.80. The number of pyridine rings is 3. The molecule has 0 amide bonds. The molecule has 7 heteroatoms. The molecule has 0 bridgehead atoms. The molecule has 0 radical (unpaired) electrons. The molecule has 5 rings (SSSR count). The largest absolute Gasteiger partial charge is 0.361 e. The van der Waals surface area contributed by atoms with Crippen LogP contribution in [0, 0.1) is 17.4 Å². The van der Waals surface area contributed by atoms with Crippen LogP contribution in [0.3, 0.4) is 0 Å². The number of fused-ring (bicyclic) bond motifs is 1. The van der Waals surface area contributed by atoms with Gasteiger partial charge in [0.25, 0.3) is 0 Å². The molecule has 6 nitrogen and oxygen atoms in total. The maximum atomic E-state index is 5.40. The van der Waals surface area contributed by atoms with E-state index in [0.717, 1.165) is 48.6 Å². The van der Waals surface area contributed by atoms with E-state index in [2.05, 4.69) is 51.5 Å². The minimum absolute atomic E-state index is 0.622. The molecule has 0 aliphatic carbocycles. The fraction of sp³-hybridized carbons (Fsp3) is 0.167. The van der Waals surface area contributed by atoms with Crippen molar-refractivity contribution in [3.05, 3.63) is 93.7 Å². The van der Waals surface area contributed by atoms with Crippen molar-refractivity contribution in [3.63, 3.8) is 0 Å². The van der Waals surface area contributed by atoms with Crippen LogP contribution >= 0.6 is 22.6 Å². The molecule has 0 aliphatic rings. The van der Waals surface area contributed by atoms with Gasteiger partial charge in [-0.15, -0.1) is 0 Å². The van der Waals surface area contributed by atoms with E-state index in [0.29, 0.717) is 0 Å². The quantitative estimate of drug-likeness (QED) is 0.292. The van der Waals surface area contributed by atoms with Gasteiger partial charge in [0.1, 0.15) is 16.8 Å².